The molecule has 0 aliphatic rings. The summed E-state index contributed by atoms with van der Waals surface area (Å²) >= 11 is 0. The lowest BCUT2D eigenvalue weighted by Crippen LogP contribution is -2.22. The molecule has 0 spiro atoms. The van der Waals surface area contributed by atoms with E-state index in [1.54, 1.807) is 6.07 Å². The first-order chi connectivity index (χ1) is 7.06. The smallest absolute Gasteiger partial charge is 0.272 e. The fourth-order valence-electron chi connectivity index (χ4n) is 1.24. The fraction of sp³-hybridized carbons (Fsp3) is 0.455. The van der Waals surface area contributed by atoms with Gasteiger partial charge in [-0.2, -0.15) is 5.26 Å². The minimum absolute atomic E-state index is 0.179. The Balaban J connectivity index is 3.02. The van der Waals surface area contributed by atoms with Gasteiger partial charge in [0.25, 0.3) is 5.56 Å². The quantitative estimate of drug-likeness (QED) is 0.814. The predicted molar refractivity (Wildman–Crippen MR) is 56.5 cm³/mol. The third kappa shape index (κ3) is 2.59. The van der Waals surface area contributed by atoms with Gasteiger partial charge in [0.05, 0.1) is 0 Å². The molecule has 0 fully saturated rings. The molecule has 0 aliphatic heterocycles. The summed E-state index contributed by atoms with van der Waals surface area (Å²) in [6.45, 7) is 4.71. The first kappa shape index (κ1) is 11.3. The highest BCUT2D eigenvalue weighted by Crippen LogP contribution is 2.10. The summed E-state index contributed by atoms with van der Waals surface area (Å²) in [5.74, 6) is 0.250. The lowest BCUT2D eigenvalue weighted by Gasteiger charge is -2.08. The van der Waals surface area contributed by atoms with Crippen molar-refractivity contribution in [3.63, 3.8) is 0 Å². The van der Waals surface area contributed by atoms with E-state index >= 15 is 0 Å². The Hall–Kier alpha value is -1.76. The lowest BCUT2D eigenvalue weighted by atomic mass is 10.1. The van der Waals surface area contributed by atoms with Gasteiger partial charge in [-0.25, -0.2) is 0 Å². The first-order valence-corrected chi connectivity index (χ1v) is 4.88. The van der Waals surface area contributed by atoms with Crippen molar-refractivity contribution in [3.05, 3.63) is 28.2 Å². The number of hydrogen-bond acceptors (Lipinski definition) is 3. The van der Waals surface area contributed by atoms with Crippen LogP contribution in [-0.4, -0.2) is 9.67 Å². The molecule has 80 valence electrons. The summed E-state index contributed by atoms with van der Waals surface area (Å²) in [5.41, 5.74) is -0.598. The molecule has 0 bridgehead atoms. The van der Waals surface area contributed by atoms with Crippen molar-refractivity contribution in [2.75, 3.05) is 0 Å². The van der Waals surface area contributed by atoms with E-state index in [0.717, 1.165) is 6.42 Å². The summed E-state index contributed by atoms with van der Waals surface area (Å²) in [6, 6.07) is 3.08. The summed E-state index contributed by atoms with van der Waals surface area (Å²) in [5, 5.41) is 17.9. The van der Waals surface area contributed by atoms with Gasteiger partial charge in [-0.15, -0.1) is 0 Å². The summed E-state index contributed by atoms with van der Waals surface area (Å²) in [6.07, 6.45) is 2.39. The van der Waals surface area contributed by atoms with Gasteiger partial charge in [-0.1, -0.05) is 13.8 Å². The molecule has 0 aliphatic carbocycles. The van der Waals surface area contributed by atoms with E-state index in [-0.39, 0.29) is 11.3 Å². The molecule has 0 amide bonds. The van der Waals surface area contributed by atoms with Crippen LogP contribution in [0.1, 0.15) is 25.8 Å². The zero-order valence-corrected chi connectivity index (χ0v) is 8.90. The van der Waals surface area contributed by atoms with E-state index in [4.69, 9.17) is 5.26 Å². The van der Waals surface area contributed by atoms with E-state index in [0.29, 0.717) is 12.5 Å². The Kier molecular flexibility index (Phi) is 3.51. The number of rotatable bonds is 3. The van der Waals surface area contributed by atoms with Crippen molar-refractivity contribution in [2.45, 2.75) is 26.8 Å². The van der Waals surface area contributed by atoms with Crippen molar-refractivity contribution < 1.29 is 5.11 Å². The molecule has 4 nitrogen and oxygen atoms in total. The van der Waals surface area contributed by atoms with Gasteiger partial charge in [0.15, 0.2) is 5.56 Å². The molecule has 1 aromatic heterocycles. The topological polar surface area (TPSA) is 66.0 Å². The molecule has 0 radical (unpaired) electrons. The van der Waals surface area contributed by atoms with Crippen LogP contribution in [0.4, 0.5) is 0 Å². The first-order valence-electron chi connectivity index (χ1n) is 4.88. The number of aromatic nitrogens is 1. The van der Waals surface area contributed by atoms with E-state index in [2.05, 4.69) is 13.8 Å². The zero-order valence-electron chi connectivity index (χ0n) is 8.90. The van der Waals surface area contributed by atoms with Crippen molar-refractivity contribution in [1.29, 1.82) is 5.26 Å². The van der Waals surface area contributed by atoms with E-state index < -0.39 is 5.56 Å². The van der Waals surface area contributed by atoms with E-state index in [1.165, 1.54) is 16.8 Å². The van der Waals surface area contributed by atoms with Crippen LogP contribution in [0.5, 0.6) is 5.75 Å². The SMILES string of the molecule is CC(C)CCn1ccc(O)c(C#N)c1=O. The maximum absolute atomic E-state index is 11.6. The lowest BCUT2D eigenvalue weighted by molar-refractivity contribution is 0.463. The Morgan fingerprint density at radius 2 is 2.27 bits per heavy atom. The predicted octanol–water partition coefficient (Wildman–Crippen LogP) is 1.47. The van der Waals surface area contributed by atoms with Gasteiger partial charge in [0.1, 0.15) is 11.8 Å². The van der Waals surface area contributed by atoms with Crippen LogP contribution in [0.15, 0.2) is 17.1 Å². The van der Waals surface area contributed by atoms with Crippen LogP contribution in [0.3, 0.4) is 0 Å². The number of hydrogen-bond donors (Lipinski definition) is 1. The summed E-state index contributed by atoms with van der Waals surface area (Å²) < 4.78 is 1.46. The molecule has 1 rings (SSSR count). The maximum Gasteiger partial charge on any atom is 0.272 e. The van der Waals surface area contributed by atoms with Crippen LogP contribution in [0, 0.1) is 17.2 Å². The van der Waals surface area contributed by atoms with Crippen LogP contribution >= 0.6 is 0 Å². The number of nitriles is 1. The van der Waals surface area contributed by atoms with Gasteiger partial charge in [-0.05, 0) is 18.4 Å². The standard InChI is InChI=1S/C11H14N2O2/c1-8(2)3-5-13-6-4-10(14)9(7-12)11(13)15/h4,6,8,14H,3,5H2,1-2H3. The second kappa shape index (κ2) is 4.65. The van der Waals surface area contributed by atoms with Crippen molar-refractivity contribution in [3.8, 4) is 11.8 Å². The minimum atomic E-state index is -0.418. The molecular weight excluding hydrogens is 192 g/mol. The molecule has 1 heterocycles. The average molecular weight is 206 g/mol. The van der Waals surface area contributed by atoms with Gasteiger partial charge in [-0.3, -0.25) is 4.79 Å². The minimum Gasteiger partial charge on any atom is -0.506 e. The summed E-state index contributed by atoms with van der Waals surface area (Å²) in [4.78, 5) is 11.6. The molecule has 1 aromatic rings. The van der Waals surface area contributed by atoms with Crippen LogP contribution < -0.4 is 5.56 Å². The fourth-order valence-corrected chi connectivity index (χ4v) is 1.24. The average Bonchev–Trinajstić information content (AvgIpc) is 2.17. The molecule has 0 atom stereocenters. The normalized spacial score (nSPS) is 10.3. The zero-order chi connectivity index (χ0) is 11.4. The number of nitrogens with zero attached hydrogens (tertiary/aromatic N) is 2. The van der Waals surface area contributed by atoms with Crippen LogP contribution in [0.25, 0.3) is 0 Å². The molecule has 4 heteroatoms. The second-order valence-electron chi connectivity index (χ2n) is 3.87. The Morgan fingerprint density at radius 3 is 2.80 bits per heavy atom. The maximum atomic E-state index is 11.6. The molecular formula is C11H14N2O2. The van der Waals surface area contributed by atoms with E-state index in [9.17, 15) is 9.90 Å². The van der Waals surface area contributed by atoms with Gasteiger partial charge >= 0.3 is 0 Å². The monoisotopic (exact) mass is 206 g/mol. The van der Waals surface area contributed by atoms with E-state index in [1.807, 2.05) is 0 Å². The molecule has 0 saturated carbocycles. The molecule has 1 N–H and O–H groups in total. The Morgan fingerprint density at radius 1 is 1.60 bits per heavy atom. The van der Waals surface area contributed by atoms with Gasteiger partial charge in [0, 0.05) is 12.7 Å². The highest BCUT2D eigenvalue weighted by Gasteiger charge is 2.08. The highest BCUT2D eigenvalue weighted by molar-refractivity contribution is 5.39. The Labute approximate surface area is 88.4 Å². The summed E-state index contributed by atoms with van der Waals surface area (Å²) in [7, 11) is 0. The van der Waals surface area contributed by atoms with Crippen molar-refractivity contribution in [2.24, 2.45) is 5.92 Å². The molecule has 0 aromatic carbocycles. The number of aromatic hydroxyl groups is 1. The third-order valence-electron chi connectivity index (χ3n) is 2.20. The highest BCUT2D eigenvalue weighted by atomic mass is 16.3. The van der Waals surface area contributed by atoms with Gasteiger partial charge in [0.2, 0.25) is 0 Å². The third-order valence-corrected chi connectivity index (χ3v) is 2.20. The van der Waals surface area contributed by atoms with Crippen molar-refractivity contribution in [1.82, 2.24) is 4.57 Å². The second-order valence-corrected chi connectivity index (χ2v) is 3.87. The number of aryl methyl sites for hydroxylation is 1. The van der Waals surface area contributed by atoms with Crippen LogP contribution in [-0.2, 0) is 6.54 Å². The van der Waals surface area contributed by atoms with Crippen LogP contribution in [0.2, 0.25) is 0 Å². The molecule has 15 heavy (non-hydrogen) atoms. The van der Waals surface area contributed by atoms with Gasteiger partial charge < -0.3 is 9.67 Å². The number of pyridine rings is 1. The van der Waals surface area contributed by atoms with Crippen molar-refractivity contribution >= 4 is 0 Å². The Bertz CT molecular complexity index is 441. The largest absolute Gasteiger partial charge is 0.506 e. The molecule has 0 unspecified atom stereocenters. The molecule has 0 saturated heterocycles.